The molecule has 0 aromatic carbocycles. The molecule has 1 fully saturated rings. The van der Waals surface area contributed by atoms with Crippen LogP contribution in [-0.2, 0) is 13.1 Å². The minimum absolute atomic E-state index is 0.303. The first kappa shape index (κ1) is 13.1. The van der Waals surface area contributed by atoms with Crippen molar-refractivity contribution in [1.29, 1.82) is 0 Å². The van der Waals surface area contributed by atoms with Crippen molar-refractivity contribution < 1.29 is 0 Å². The van der Waals surface area contributed by atoms with Crippen LogP contribution in [0.25, 0.3) is 0 Å². The largest absolute Gasteiger partial charge is 0.333 e. The summed E-state index contributed by atoms with van der Waals surface area (Å²) in [5.74, 6) is 1.85. The normalized spacial score (nSPS) is 31.1. The number of hydrogen-bond donors (Lipinski definition) is 1. The van der Waals surface area contributed by atoms with Crippen LogP contribution >= 0.6 is 0 Å². The van der Waals surface area contributed by atoms with Crippen molar-refractivity contribution in [2.45, 2.75) is 52.2 Å². The van der Waals surface area contributed by atoms with E-state index in [0.717, 1.165) is 26.2 Å². The van der Waals surface area contributed by atoms with E-state index in [1.165, 1.54) is 25.1 Å². The highest BCUT2D eigenvalue weighted by molar-refractivity contribution is 4.97. The Kier molecular flexibility index (Phi) is 3.39. The molecular weight excluding hydrogens is 236 g/mol. The minimum Gasteiger partial charge on any atom is -0.333 e. The molecule has 4 heteroatoms. The Bertz CT molecular complexity index is 437. The molecule has 0 bridgehead atoms. The molecule has 0 saturated heterocycles. The summed E-state index contributed by atoms with van der Waals surface area (Å²) in [6.45, 7) is 8.97. The van der Waals surface area contributed by atoms with Gasteiger partial charge in [-0.2, -0.15) is 0 Å². The smallest absolute Gasteiger partial charge is 0.122 e. The number of nitrogens with zero attached hydrogens (tertiary/aromatic N) is 3. The Hall–Kier alpha value is -0.870. The van der Waals surface area contributed by atoms with Crippen LogP contribution in [0.5, 0.6) is 0 Å². The molecule has 1 aliphatic heterocycles. The number of fused-ring (bicyclic) bond motifs is 1. The van der Waals surface area contributed by atoms with Crippen molar-refractivity contribution in [2.75, 3.05) is 13.1 Å². The summed E-state index contributed by atoms with van der Waals surface area (Å²) in [5, 5.41) is 0. The molecular formula is C15H26N4. The van der Waals surface area contributed by atoms with Crippen LogP contribution < -0.4 is 5.73 Å². The van der Waals surface area contributed by atoms with Crippen LogP contribution in [0.2, 0.25) is 0 Å². The molecule has 2 heterocycles. The first-order valence-electron chi connectivity index (χ1n) is 7.54. The number of hydrogen-bond acceptors (Lipinski definition) is 3. The maximum atomic E-state index is 6.50. The third-order valence-corrected chi connectivity index (χ3v) is 5.12. The molecule has 2 atom stereocenters. The van der Waals surface area contributed by atoms with Crippen molar-refractivity contribution >= 4 is 0 Å². The molecule has 19 heavy (non-hydrogen) atoms. The molecule has 0 radical (unpaired) electrons. The van der Waals surface area contributed by atoms with Crippen LogP contribution in [0.15, 0.2) is 12.4 Å². The first-order valence-corrected chi connectivity index (χ1v) is 7.54. The third-order valence-electron chi connectivity index (χ3n) is 5.12. The summed E-state index contributed by atoms with van der Waals surface area (Å²) in [5.41, 5.74) is 6.80. The number of nitrogens with two attached hydrogens (primary N) is 1. The second kappa shape index (κ2) is 4.91. The van der Waals surface area contributed by atoms with E-state index in [0.29, 0.717) is 17.4 Å². The second-order valence-corrected chi connectivity index (χ2v) is 6.94. The highest BCUT2D eigenvalue weighted by Crippen LogP contribution is 2.38. The fraction of sp³-hybridized carbons (Fsp3) is 0.800. The third kappa shape index (κ3) is 2.56. The van der Waals surface area contributed by atoms with Gasteiger partial charge < -0.3 is 10.3 Å². The van der Waals surface area contributed by atoms with E-state index in [-0.39, 0.29) is 0 Å². The lowest BCUT2D eigenvalue weighted by Gasteiger charge is -2.44. The highest BCUT2D eigenvalue weighted by atomic mass is 15.2. The quantitative estimate of drug-likeness (QED) is 0.885. The molecule has 1 aromatic rings. The molecule has 1 saturated carbocycles. The Morgan fingerprint density at radius 1 is 1.42 bits per heavy atom. The van der Waals surface area contributed by atoms with Crippen molar-refractivity contribution in [3.8, 4) is 0 Å². The molecule has 0 amide bonds. The molecule has 3 rings (SSSR count). The summed E-state index contributed by atoms with van der Waals surface area (Å²) in [6, 6.07) is 0.336. The molecule has 1 aromatic heterocycles. The second-order valence-electron chi connectivity index (χ2n) is 6.94. The van der Waals surface area contributed by atoms with Crippen molar-refractivity contribution in [2.24, 2.45) is 17.1 Å². The molecule has 1 aliphatic carbocycles. The highest BCUT2D eigenvalue weighted by Gasteiger charge is 2.37. The molecule has 106 valence electrons. The molecule has 2 aliphatic rings. The van der Waals surface area contributed by atoms with E-state index >= 15 is 0 Å². The van der Waals surface area contributed by atoms with Gasteiger partial charge in [0.2, 0.25) is 0 Å². The molecule has 0 spiro atoms. The summed E-state index contributed by atoms with van der Waals surface area (Å²) >= 11 is 0. The van der Waals surface area contributed by atoms with Crippen LogP contribution in [0.4, 0.5) is 0 Å². The standard InChI is InChI=1S/C15H26N4/c1-15(2)5-3-4-12(14(15)16)10-18-8-9-19-7-6-17-13(19)11-18/h6-7,12,14H,3-5,8-11,16H2,1-2H3. The molecule has 2 N–H and O–H groups in total. The van der Waals surface area contributed by atoms with Gasteiger partial charge in [-0.3, -0.25) is 4.90 Å². The monoisotopic (exact) mass is 262 g/mol. The number of aromatic nitrogens is 2. The zero-order chi connectivity index (χ0) is 13.5. The topological polar surface area (TPSA) is 47.1 Å². The van der Waals surface area contributed by atoms with Crippen molar-refractivity contribution in [1.82, 2.24) is 14.5 Å². The van der Waals surface area contributed by atoms with Gasteiger partial charge in [-0.15, -0.1) is 0 Å². The summed E-state index contributed by atoms with van der Waals surface area (Å²) in [6.07, 6.45) is 7.88. The minimum atomic E-state index is 0.303. The molecule has 2 unspecified atom stereocenters. The van der Waals surface area contributed by atoms with Gasteiger partial charge in [0, 0.05) is 38.1 Å². The van der Waals surface area contributed by atoms with E-state index in [1.807, 2.05) is 6.20 Å². The van der Waals surface area contributed by atoms with E-state index in [2.05, 4.69) is 34.5 Å². The maximum Gasteiger partial charge on any atom is 0.122 e. The van der Waals surface area contributed by atoms with Gasteiger partial charge in [-0.25, -0.2) is 4.98 Å². The van der Waals surface area contributed by atoms with Gasteiger partial charge in [0.1, 0.15) is 5.82 Å². The van der Waals surface area contributed by atoms with Crippen LogP contribution in [0.3, 0.4) is 0 Å². The van der Waals surface area contributed by atoms with E-state index in [9.17, 15) is 0 Å². The zero-order valence-corrected chi connectivity index (χ0v) is 12.2. The SMILES string of the molecule is CC1(C)CCCC(CN2CCn3ccnc3C2)C1N. The van der Waals surface area contributed by atoms with Gasteiger partial charge in [-0.1, -0.05) is 20.3 Å². The fourth-order valence-electron chi connectivity index (χ4n) is 3.72. The lowest BCUT2D eigenvalue weighted by Crippen LogP contribution is -2.51. The number of imidazole rings is 1. The van der Waals surface area contributed by atoms with Gasteiger partial charge in [-0.05, 0) is 24.2 Å². The Balaban J connectivity index is 1.63. The Morgan fingerprint density at radius 2 is 2.26 bits per heavy atom. The lowest BCUT2D eigenvalue weighted by molar-refractivity contribution is 0.0905. The Labute approximate surface area is 116 Å². The van der Waals surface area contributed by atoms with Crippen LogP contribution in [0, 0.1) is 11.3 Å². The van der Waals surface area contributed by atoms with Gasteiger partial charge >= 0.3 is 0 Å². The summed E-state index contributed by atoms with van der Waals surface area (Å²) in [4.78, 5) is 6.97. The van der Waals surface area contributed by atoms with Crippen LogP contribution in [0.1, 0.15) is 38.9 Å². The first-order chi connectivity index (χ1) is 9.06. The van der Waals surface area contributed by atoms with E-state index in [1.54, 1.807) is 0 Å². The number of rotatable bonds is 2. The van der Waals surface area contributed by atoms with E-state index < -0.39 is 0 Å². The van der Waals surface area contributed by atoms with E-state index in [4.69, 9.17) is 5.73 Å². The summed E-state index contributed by atoms with van der Waals surface area (Å²) < 4.78 is 2.27. The summed E-state index contributed by atoms with van der Waals surface area (Å²) in [7, 11) is 0. The average molecular weight is 262 g/mol. The predicted octanol–water partition coefficient (Wildman–Crippen LogP) is 1.85. The molecule has 4 nitrogen and oxygen atoms in total. The van der Waals surface area contributed by atoms with Gasteiger partial charge in [0.05, 0.1) is 6.54 Å². The van der Waals surface area contributed by atoms with Crippen molar-refractivity contribution in [3.63, 3.8) is 0 Å². The van der Waals surface area contributed by atoms with Gasteiger partial charge in [0.25, 0.3) is 0 Å². The average Bonchev–Trinajstić information content (AvgIpc) is 2.82. The maximum absolute atomic E-state index is 6.50. The Morgan fingerprint density at radius 3 is 3.11 bits per heavy atom. The van der Waals surface area contributed by atoms with Gasteiger partial charge in [0.15, 0.2) is 0 Å². The van der Waals surface area contributed by atoms with Crippen molar-refractivity contribution in [3.05, 3.63) is 18.2 Å². The zero-order valence-electron chi connectivity index (χ0n) is 12.2. The fourth-order valence-corrected chi connectivity index (χ4v) is 3.72. The van der Waals surface area contributed by atoms with Crippen LogP contribution in [-0.4, -0.2) is 33.6 Å². The predicted molar refractivity (Wildman–Crippen MR) is 76.6 cm³/mol. The lowest BCUT2D eigenvalue weighted by atomic mass is 9.68.